The van der Waals surface area contributed by atoms with E-state index in [-0.39, 0.29) is 0 Å². The van der Waals surface area contributed by atoms with E-state index >= 15 is 0 Å². The van der Waals surface area contributed by atoms with Crippen LogP contribution in [0.15, 0.2) is 158 Å². The Morgan fingerprint density at radius 2 is 1.02 bits per heavy atom. The second kappa shape index (κ2) is 11.1. The second-order valence-electron chi connectivity index (χ2n) is 13.8. The van der Waals surface area contributed by atoms with Crippen LogP contribution < -0.4 is 0 Å². The van der Waals surface area contributed by atoms with Crippen LogP contribution in [0.4, 0.5) is 0 Å². The van der Waals surface area contributed by atoms with Crippen LogP contribution in [0.2, 0.25) is 0 Å². The third-order valence-corrected chi connectivity index (χ3v) is 13.4. The third kappa shape index (κ3) is 4.02. The molecule has 0 spiro atoms. The van der Waals surface area contributed by atoms with Gasteiger partial charge >= 0.3 is 0 Å². The normalized spacial score (nSPS) is 12.1. The number of thiophene rings is 2. The van der Waals surface area contributed by atoms with Gasteiger partial charge < -0.3 is 4.57 Å². The van der Waals surface area contributed by atoms with Gasteiger partial charge in [0, 0.05) is 58.1 Å². The molecule has 0 bridgehead atoms. The van der Waals surface area contributed by atoms with Crippen LogP contribution in [0.3, 0.4) is 0 Å². The molecule has 0 fully saturated rings. The zero-order chi connectivity index (χ0) is 35.5. The van der Waals surface area contributed by atoms with Crippen LogP contribution in [-0.2, 0) is 0 Å². The van der Waals surface area contributed by atoms with E-state index in [2.05, 4.69) is 149 Å². The van der Waals surface area contributed by atoms with Gasteiger partial charge in [-0.05, 0) is 48.0 Å². The van der Waals surface area contributed by atoms with Gasteiger partial charge in [0.25, 0.3) is 0 Å². The second-order valence-corrected chi connectivity index (χ2v) is 15.9. The van der Waals surface area contributed by atoms with Crippen LogP contribution in [0, 0.1) is 11.3 Å². The molecule has 0 unspecified atom stereocenters. The van der Waals surface area contributed by atoms with Crippen LogP contribution >= 0.6 is 22.7 Å². The average molecular weight is 723 g/mol. The smallest absolute Gasteiger partial charge is 0.138 e. The molecule has 5 aromatic heterocycles. The molecule has 4 nitrogen and oxygen atoms in total. The van der Waals surface area contributed by atoms with Gasteiger partial charge in [0.1, 0.15) is 5.82 Å². The minimum Gasteiger partial charge on any atom is -0.306 e. The van der Waals surface area contributed by atoms with E-state index < -0.39 is 0 Å². The lowest BCUT2D eigenvalue weighted by molar-refractivity contribution is 1.06. The van der Waals surface area contributed by atoms with Gasteiger partial charge in [-0.3, -0.25) is 4.57 Å². The maximum absolute atomic E-state index is 10.1. The molecular weight excluding hydrogens is 697 g/mol. The van der Waals surface area contributed by atoms with Gasteiger partial charge in [-0.2, -0.15) is 5.26 Å². The molecule has 0 saturated carbocycles. The van der Waals surface area contributed by atoms with Crippen molar-refractivity contribution in [2.75, 3.05) is 0 Å². The minimum absolute atomic E-state index is 0.620. The highest BCUT2D eigenvalue weighted by atomic mass is 32.1. The number of hydrogen-bond donors (Lipinski definition) is 0. The van der Waals surface area contributed by atoms with E-state index in [0.29, 0.717) is 5.56 Å². The highest BCUT2D eigenvalue weighted by molar-refractivity contribution is 7.27. The van der Waals surface area contributed by atoms with Gasteiger partial charge in [-0.15, -0.1) is 22.7 Å². The summed E-state index contributed by atoms with van der Waals surface area (Å²) in [6.45, 7) is 0. The first-order valence-corrected chi connectivity index (χ1v) is 19.6. The molecule has 54 heavy (non-hydrogen) atoms. The average Bonchev–Trinajstić information content (AvgIpc) is 3.98. The summed E-state index contributed by atoms with van der Waals surface area (Å²) < 4.78 is 9.79. The fourth-order valence-corrected chi connectivity index (χ4v) is 11.2. The maximum atomic E-state index is 10.1. The van der Waals surface area contributed by atoms with Gasteiger partial charge in [-0.25, -0.2) is 4.98 Å². The van der Waals surface area contributed by atoms with Crippen molar-refractivity contribution in [2.45, 2.75) is 0 Å². The van der Waals surface area contributed by atoms with Gasteiger partial charge in [0.15, 0.2) is 0 Å². The molecule has 0 radical (unpaired) electrons. The molecule has 250 valence electrons. The fraction of sp³-hybridized carbons (Fsp3) is 0. The number of nitriles is 1. The van der Waals surface area contributed by atoms with Crippen molar-refractivity contribution >= 4 is 107 Å². The summed E-state index contributed by atoms with van der Waals surface area (Å²) in [5.74, 6) is 0.833. The summed E-state index contributed by atoms with van der Waals surface area (Å²) in [6, 6.07) is 56.4. The Balaban J connectivity index is 1.23. The molecule has 12 rings (SSSR count). The predicted octanol–water partition coefficient (Wildman–Crippen LogP) is 13.6. The SMILES string of the molecule is N#Cc1cccc(-c2cc(-n3c4ccccc4c4ccc5c6ccccc6sc5c43)ncc2-n2c3ccccc3c3ccc4c5ccccc5sc4c32)c1. The molecule has 0 atom stereocenters. The molecule has 0 aliphatic carbocycles. The van der Waals surface area contributed by atoms with Gasteiger partial charge in [0.2, 0.25) is 0 Å². The van der Waals surface area contributed by atoms with Crippen molar-refractivity contribution < 1.29 is 0 Å². The van der Waals surface area contributed by atoms with E-state index in [0.717, 1.165) is 39.2 Å². The van der Waals surface area contributed by atoms with E-state index in [1.165, 1.54) is 67.4 Å². The Labute approximate surface area is 316 Å². The molecule has 12 aromatic rings. The lowest BCUT2D eigenvalue weighted by atomic mass is 10.0. The summed E-state index contributed by atoms with van der Waals surface area (Å²) in [5.41, 5.74) is 8.13. The standard InChI is InChI=1S/C48H26N4S2/c49-26-28-10-9-11-29(24-28)38-25-44(52-40-17-6-2-13-31(40)35-21-23-37-33-15-4-8-19-43(33)54-48(37)46(35)52)50-27-41(38)51-39-16-5-1-12-30(39)34-20-22-36-32-14-3-7-18-42(32)53-47(36)45(34)51/h1-25,27H. The van der Waals surface area contributed by atoms with E-state index in [9.17, 15) is 5.26 Å². The first kappa shape index (κ1) is 29.8. The quantitative estimate of drug-likeness (QED) is 0.182. The van der Waals surface area contributed by atoms with Crippen molar-refractivity contribution in [3.63, 3.8) is 0 Å². The number of hydrogen-bond acceptors (Lipinski definition) is 4. The van der Waals surface area contributed by atoms with E-state index in [1.54, 1.807) is 0 Å². The molecule has 7 aromatic carbocycles. The van der Waals surface area contributed by atoms with Crippen LogP contribution in [-0.4, -0.2) is 14.1 Å². The van der Waals surface area contributed by atoms with Crippen molar-refractivity contribution in [3.05, 3.63) is 163 Å². The molecule has 0 N–H and O–H groups in total. The molecular formula is C48H26N4S2. The van der Waals surface area contributed by atoms with Gasteiger partial charge in [0.05, 0.1) is 55.0 Å². The summed E-state index contributed by atoms with van der Waals surface area (Å²) in [7, 11) is 0. The topological polar surface area (TPSA) is 46.5 Å². The summed E-state index contributed by atoms with van der Waals surface area (Å²) in [4.78, 5) is 5.39. The van der Waals surface area contributed by atoms with Crippen LogP contribution in [0.25, 0.3) is 107 Å². The number of fused-ring (bicyclic) bond motifs is 14. The number of aromatic nitrogens is 3. The van der Waals surface area contributed by atoms with Crippen molar-refractivity contribution in [2.24, 2.45) is 0 Å². The van der Waals surface area contributed by atoms with Crippen LogP contribution in [0.5, 0.6) is 0 Å². The fourth-order valence-electron chi connectivity index (χ4n) is 8.67. The number of rotatable bonds is 3. The number of para-hydroxylation sites is 2. The van der Waals surface area contributed by atoms with Gasteiger partial charge in [-0.1, -0.05) is 109 Å². The molecule has 0 saturated heterocycles. The lowest BCUT2D eigenvalue weighted by Crippen LogP contribution is -2.03. The summed E-state index contributed by atoms with van der Waals surface area (Å²) >= 11 is 3.68. The molecule has 6 heteroatoms. The maximum Gasteiger partial charge on any atom is 0.138 e. The monoisotopic (exact) mass is 722 g/mol. The number of pyridine rings is 1. The summed E-state index contributed by atoms with van der Waals surface area (Å²) in [6.07, 6.45) is 2.05. The van der Waals surface area contributed by atoms with Crippen LogP contribution in [0.1, 0.15) is 5.56 Å². The Morgan fingerprint density at radius 3 is 1.65 bits per heavy atom. The predicted molar refractivity (Wildman–Crippen MR) is 229 cm³/mol. The van der Waals surface area contributed by atoms with E-state index in [4.69, 9.17) is 4.98 Å². The Morgan fingerprint density at radius 1 is 0.481 bits per heavy atom. The van der Waals surface area contributed by atoms with Crippen molar-refractivity contribution in [1.82, 2.24) is 14.1 Å². The summed E-state index contributed by atoms with van der Waals surface area (Å²) in [5, 5.41) is 19.9. The minimum atomic E-state index is 0.620. The highest BCUT2D eigenvalue weighted by Gasteiger charge is 2.23. The lowest BCUT2D eigenvalue weighted by Gasteiger charge is -2.17. The largest absolute Gasteiger partial charge is 0.306 e. The van der Waals surface area contributed by atoms with E-state index in [1.807, 2.05) is 47.1 Å². The first-order valence-electron chi connectivity index (χ1n) is 17.9. The van der Waals surface area contributed by atoms with Crippen molar-refractivity contribution in [1.29, 1.82) is 5.26 Å². The zero-order valence-electron chi connectivity index (χ0n) is 28.6. The van der Waals surface area contributed by atoms with Crippen molar-refractivity contribution in [3.8, 4) is 28.7 Å². The first-order chi connectivity index (χ1) is 26.7. The Kier molecular flexibility index (Phi) is 6.12. The molecule has 5 heterocycles. The number of benzene rings is 7. The Bertz CT molecular complexity index is 3590. The third-order valence-electron chi connectivity index (χ3n) is 11.0. The number of nitrogens with zero attached hydrogens (tertiary/aromatic N) is 4. The Hall–Kier alpha value is -6.78. The molecule has 0 aliphatic rings. The highest BCUT2D eigenvalue weighted by Crippen LogP contribution is 2.46. The zero-order valence-corrected chi connectivity index (χ0v) is 30.2. The molecule has 0 amide bonds. The molecule has 0 aliphatic heterocycles.